The van der Waals surface area contributed by atoms with Crippen LogP contribution in [0.4, 0.5) is 39.8 Å². The van der Waals surface area contributed by atoms with Crippen LogP contribution in [0.5, 0.6) is 11.5 Å². The molecule has 4 aromatic carbocycles. The lowest BCUT2D eigenvalue weighted by Gasteiger charge is -2.11. The normalized spacial score (nSPS) is 13.3. The zero-order chi connectivity index (χ0) is 48.1. The molecule has 0 bridgehead atoms. The summed E-state index contributed by atoms with van der Waals surface area (Å²) in [7, 11) is -28.9. The van der Waals surface area contributed by atoms with Crippen molar-refractivity contribution >= 4 is 101 Å². The Balaban J connectivity index is 1.69. The summed E-state index contributed by atoms with van der Waals surface area (Å²) in [6.07, 6.45) is 0. The van der Waals surface area contributed by atoms with E-state index in [4.69, 9.17) is 9.11 Å². The Labute approximate surface area is 363 Å². The standard InChI is InChI=1S/C31H31N7O20S6/c1-18(2)32-23-14-27(31(62(48,49)50)16-24(23)35-33-19-3-5-20(6-4-19)59(41,42)11-9-57-63(51,52)53)38-37-26-15-25(28(39)17-29(26)40)36-34-22-8-7-21(13-30(22)61(45,46)47)60(43,44)12-10-58-64(54,55)56/h3-8,13-17,32,39-40H,1,9-12H2,2H3,(H,45,46,47)(H,48,49,50)(H,51,52,53)(H,54,55,56)/b35-33+,36-34+,38-37+. The van der Waals surface area contributed by atoms with Crippen LogP contribution in [0.3, 0.4) is 0 Å². The molecule has 27 nitrogen and oxygen atoms in total. The van der Waals surface area contributed by atoms with E-state index in [0.717, 1.165) is 42.5 Å². The molecule has 0 aliphatic carbocycles. The number of sulfone groups is 2. The molecule has 0 radical (unpaired) electrons. The molecule has 0 unspecified atom stereocenters. The topological polar surface area (TPSA) is 431 Å². The summed E-state index contributed by atoms with van der Waals surface area (Å²) in [4.78, 5) is -3.09. The molecule has 0 spiro atoms. The van der Waals surface area contributed by atoms with Crippen LogP contribution in [0, 0.1) is 0 Å². The number of hydrogen-bond donors (Lipinski definition) is 7. The summed E-state index contributed by atoms with van der Waals surface area (Å²) < 4.78 is 188. The minimum Gasteiger partial charge on any atom is -0.505 e. The highest BCUT2D eigenvalue weighted by Crippen LogP contribution is 2.42. The lowest BCUT2D eigenvalue weighted by molar-refractivity contribution is 0.282. The Kier molecular flexibility index (Phi) is 15.6. The molecular weight excluding hydrogens is 983 g/mol. The van der Waals surface area contributed by atoms with Crippen molar-refractivity contribution in [2.75, 3.05) is 30.0 Å². The average molecular weight is 1010 g/mol. The van der Waals surface area contributed by atoms with E-state index >= 15 is 0 Å². The fraction of sp³-hybridized carbons (Fsp3) is 0.161. The Morgan fingerprint density at radius 2 is 0.969 bits per heavy atom. The Morgan fingerprint density at radius 3 is 1.45 bits per heavy atom. The van der Waals surface area contributed by atoms with Gasteiger partial charge in [-0.3, -0.25) is 18.2 Å². The summed E-state index contributed by atoms with van der Waals surface area (Å²) >= 11 is 0. The SMILES string of the molecule is C=C(C)Nc1cc(/N=N/c2cc(/N=N/c3ccc(S(=O)(=O)CCOS(=O)(=O)O)cc3S(=O)(=O)O)c(O)cc2O)c(S(=O)(=O)O)cc1/N=N/c1ccc(S(=O)(=O)CCOS(=O)(=O)O)cc1. The highest BCUT2D eigenvalue weighted by Gasteiger charge is 2.24. The van der Waals surface area contributed by atoms with Crippen LogP contribution in [-0.4, -0.2) is 104 Å². The van der Waals surface area contributed by atoms with E-state index in [9.17, 15) is 69.8 Å². The zero-order valence-electron chi connectivity index (χ0n) is 31.9. The van der Waals surface area contributed by atoms with Gasteiger partial charge in [-0.2, -0.15) is 38.8 Å². The minimum absolute atomic E-state index is 0.0172. The largest absolute Gasteiger partial charge is 0.505 e. The summed E-state index contributed by atoms with van der Waals surface area (Å²) in [6, 6.07) is 9.85. The van der Waals surface area contributed by atoms with Crippen LogP contribution in [0.1, 0.15) is 6.92 Å². The summed E-state index contributed by atoms with van der Waals surface area (Å²) in [5, 5.41) is 46.4. The van der Waals surface area contributed by atoms with Gasteiger partial charge < -0.3 is 15.5 Å². The van der Waals surface area contributed by atoms with Gasteiger partial charge in [-0.25, -0.2) is 25.2 Å². The summed E-state index contributed by atoms with van der Waals surface area (Å²) in [5.41, 5.74) is -2.44. The third-order valence-electron chi connectivity index (χ3n) is 7.51. The van der Waals surface area contributed by atoms with Gasteiger partial charge in [-0.1, -0.05) is 6.58 Å². The van der Waals surface area contributed by atoms with Crippen molar-refractivity contribution in [1.29, 1.82) is 0 Å². The third kappa shape index (κ3) is 14.7. The summed E-state index contributed by atoms with van der Waals surface area (Å²) in [6.45, 7) is 3.25. The number of benzene rings is 4. The molecule has 0 aliphatic rings. The molecule has 346 valence electrons. The fourth-order valence-corrected chi connectivity index (χ4v) is 9.08. The molecule has 64 heavy (non-hydrogen) atoms. The van der Waals surface area contributed by atoms with Crippen molar-refractivity contribution in [3.05, 3.63) is 79.0 Å². The van der Waals surface area contributed by atoms with Gasteiger partial charge in [0.05, 0.1) is 45.9 Å². The zero-order valence-corrected chi connectivity index (χ0v) is 36.8. The van der Waals surface area contributed by atoms with E-state index in [1.165, 1.54) is 19.1 Å². The molecule has 0 saturated heterocycles. The number of anilines is 1. The fourth-order valence-electron chi connectivity index (χ4n) is 4.73. The maximum absolute atomic E-state index is 12.6. The maximum Gasteiger partial charge on any atom is 0.397 e. The number of rotatable bonds is 20. The Morgan fingerprint density at radius 1 is 0.531 bits per heavy atom. The molecule has 0 saturated carbocycles. The van der Waals surface area contributed by atoms with Gasteiger partial charge in [0.2, 0.25) is 0 Å². The van der Waals surface area contributed by atoms with E-state index in [-0.39, 0.29) is 27.7 Å². The second-order valence-corrected chi connectivity index (χ2v) is 21.6. The molecule has 0 atom stereocenters. The maximum atomic E-state index is 12.6. The van der Waals surface area contributed by atoms with Gasteiger partial charge >= 0.3 is 20.8 Å². The molecule has 0 aliphatic heterocycles. The van der Waals surface area contributed by atoms with Gasteiger partial charge in [0.25, 0.3) is 20.2 Å². The monoisotopic (exact) mass is 1010 g/mol. The molecule has 0 aromatic heterocycles. The first-order chi connectivity index (χ1) is 29.3. The van der Waals surface area contributed by atoms with Crippen molar-refractivity contribution in [1.82, 2.24) is 0 Å². The predicted octanol–water partition coefficient (Wildman–Crippen LogP) is 4.97. The molecular formula is C31H31N7O20S6. The predicted molar refractivity (Wildman–Crippen MR) is 219 cm³/mol. The van der Waals surface area contributed by atoms with Gasteiger partial charge in [0.1, 0.15) is 49.7 Å². The number of phenols is 2. The van der Waals surface area contributed by atoms with Crippen molar-refractivity contribution in [3.8, 4) is 11.5 Å². The quantitative estimate of drug-likeness (QED) is 0.0454. The van der Waals surface area contributed by atoms with Gasteiger partial charge in [0.15, 0.2) is 19.7 Å². The van der Waals surface area contributed by atoms with Crippen LogP contribution in [0.2, 0.25) is 0 Å². The Bertz CT molecular complexity index is 3270. The van der Waals surface area contributed by atoms with E-state index in [0.29, 0.717) is 12.1 Å². The first-order valence-electron chi connectivity index (χ1n) is 16.6. The second kappa shape index (κ2) is 19.6. The molecule has 0 heterocycles. The smallest absolute Gasteiger partial charge is 0.397 e. The van der Waals surface area contributed by atoms with Gasteiger partial charge in [-0.05, 0) is 61.5 Å². The highest BCUT2D eigenvalue weighted by atomic mass is 32.3. The number of allylic oxidation sites excluding steroid dienone is 1. The van der Waals surface area contributed by atoms with Crippen LogP contribution in [0.15, 0.2) is 129 Å². The molecule has 0 fully saturated rings. The molecule has 0 amide bonds. The van der Waals surface area contributed by atoms with E-state index in [2.05, 4.69) is 50.9 Å². The molecule has 7 N–H and O–H groups in total. The lowest BCUT2D eigenvalue weighted by Crippen LogP contribution is -2.16. The van der Waals surface area contributed by atoms with Crippen LogP contribution in [-0.2, 0) is 69.1 Å². The van der Waals surface area contributed by atoms with Crippen LogP contribution < -0.4 is 5.32 Å². The van der Waals surface area contributed by atoms with Crippen molar-refractivity contribution < 1.29 is 87.3 Å². The number of nitrogens with one attached hydrogen (secondary N) is 1. The second-order valence-electron chi connectivity index (χ2n) is 12.4. The molecule has 4 rings (SSSR count). The van der Waals surface area contributed by atoms with Crippen LogP contribution in [0.25, 0.3) is 0 Å². The summed E-state index contributed by atoms with van der Waals surface area (Å²) in [5.74, 6) is -3.49. The minimum atomic E-state index is -5.25. The highest BCUT2D eigenvalue weighted by molar-refractivity contribution is 7.92. The third-order valence-corrected chi connectivity index (χ3v) is 13.6. The number of azo groups is 3. The van der Waals surface area contributed by atoms with E-state index < -0.39 is 134 Å². The first kappa shape index (κ1) is 50.9. The van der Waals surface area contributed by atoms with Crippen molar-refractivity contribution in [2.24, 2.45) is 30.7 Å². The van der Waals surface area contributed by atoms with Crippen molar-refractivity contribution in [2.45, 2.75) is 26.5 Å². The van der Waals surface area contributed by atoms with Crippen LogP contribution >= 0.6 is 0 Å². The number of aromatic hydroxyl groups is 2. The first-order valence-corrected chi connectivity index (χ1v) is 25.6. The van der Waals surface area contributed by atoms with Gasteiger partial charge in [0, 0.05) is 17.8 Å². The molecule has 4 aromatic rings. The van der Waals surface area contributed by atoms with Gasteiger partial charge in [-0.15, -0.1) is 25.6 Å². The number of hydrogen-bond acceptors (Lipinski definition) is 23. The van der Waals surface area contributed by atoms with Crippen molar-refractivity contribution in [3.63, 3.8) is 0 Å². The lowest BCUT2D eigenvalue weighted by atomic mass is 10.2. The Hall–Kier alpha value is -5.72. The molecule has 33 heteroatoms. The number of phenolic OH excluding ortho intramolecular Hbond substituents is 2. The van der Waals surface area contributed by atoms with E-state index in [1.54, 1.807) is 0 Å². The number of nitrogens with zero attached hydrogens (tertiary/aromatic N) is 6. The average Bonchev–Trinajstić information content (AvgIpc) is 3.14. The van der Waals surface area contributed by atoms with E-state index in [1.807, 2.05) is 0 Å².